The molecule has 6 heteroatoms. The smallest absolute Gasteiger partial charge is 0.276 e. The molecule has 3 N–H and O–H groups in total. The third-order valence-corrected chi connectivity index (χ3v) is 2.41. The molecule has 0 spiro atoms. The standard InChI is InChI=1S/C13H13N5O/c1-18-11(6-9-16-18)17-13(19)12-10(4-2-7-14)5-3-8-15-12/h3,5-6,8-9H,7,14H2,1H3,(H,17,19). The van der Waals surface area contributed by atoms with Crippen LogP contribution < -0.4 is 11.1 Å². The number of anilines is 1. The van der Waals surface area contributed by atoms with E-state index in [0.29, 0.717) is 11.4 Å². The number of hydrogen-bond acceptors (Lipinski definition) is 4. The summed E-state index contributed by atoms with van der Waals surface area (Å²) in [5, 5.41) is 6.70. The van der Waals surface area contributed by atoms with Gasteiger partial charge in [0.2, 0.25) is 0 Å². The van der Waals surface area contributed by atoms with E-state index in [-0.39, 0.29) is 18.1 Å². The number of nitrogens with two attached hydrogens (primary N) is 1. The van der Waals surface area contributed by atoms with Crippen molar-refractivity contribution in [1.82, 2.24) is 14.8 Å². The summed E-state index contributed by atoms with van der Waals surface area (Å²) in [6.45, 7) is 0.234. The third kappa shape index (κ3) is 2.97. The number of nitrogens with zero attached hydrogens (tertiary/aromatic N) is 3. The number of pyridine rings is 1. The molecule has 19 heavy (non-hydrogen) atoms. The van der Waals surface area contributed by atoms with Crippen LogP contribution in [0.25, 0.3) is 0 Å². The Kier molecular flexibility index (Phi) is 3.90. The van der Waals surface area contributed by atoms with Gasteiger partial charge in [-0.15, -0.1) is 0 Å². The number of carbonyl (C=O) groups excluding carboxylic acids is 1. The molecule has 2 rings (SSSR count). The summed E-state index contributed by atoms with van der Waals surface area (Å²) in [5.41, 5.74) is 6.14. The molecule has 96 valence electrons. The maximum Gasteiger partial charge on any atom is 0.276 e. The number of rotatable bonds is 2. The van der Waals surface area contributed by atoms with Gasteiger partial charge in [-0.05, 0) is 12.1 Å². The van der Waals surface area contributed by atoms with Gasteiger partial charge in [0, 0.05) is 19.3 Å². The minimum atomic E-state index is -0.328. The first kappa shape index (κ1) is 12.8. The molecule has 0 aliphatic carbocycles. The topological polar surface area (TPSA) is 85.8 Å². The highest BCUT2D eigenvalue weighted by atomic mass is 16.2. The van der Waals surface area contributed by atoms with Gasteiger partial charge in [-0.1, -0.05) is 11.8 Å². The van der Waals surface area contributed by atoms with Crippen molar-refractivity contribution >= 4 is 11.7 Å². The molecule has 0 aliphatic rings. The fourth-order valence-corrected chi connectivity index (χ4v) is 1.51. The Morgan fingerprint density at radius 2 is 2.32 bits per heavy atom. The maximum atomic E-state index is 12.1. The van der Waals surface area contributed by atoms with Crippen molar-refractivity contribution in [3.63, 3.8) is 0 Å². The molecule has 2 aromatic heterocycles. The van der Waals surface area contributed by atoms with Crippen LogP contribution in [0.3, 0.4) is 0 Å². The van der Waals surface area contributed by atoms with Crippen LogP contribution in [0.15, 0.2) is 30.6 Å². The number of aromatic nitrogens is 3. The third-order valence-electron chi connectivity index (χ3n) is 2.41. The number of aryl methyl sites for hydroxylation is 1. The van der Waals surface area contributed by atoms with E-state index < -0.39 is 0 Å². The zero-order chi connectivity index (χ0) is 13.7. The normalized spacial score (nSPS) is 9.58. The molecule has 0 bridgehead atoms. The number of nitrogens with one attached hydrogen (secondary N) is 1. The van der Waals surface area contributed by atoms with Gasteiger partial charge in [0.15, 0.2) is 0 Å². The molecule has 0 saturated carbocycles. The molecular formula is C13H13N5O. The van der Waals surface area contributed by atoms with Gasteiger partial charge >= 0.3 is 0 Å². The lowest BCUT2D eigenvalue weighted by Crippen LogP contribution is -2.17. The number of hydrogen-bond donors (Lipinski definition) is 2. The minimum Gasteiger partial charge on any atom is -0.320 e. The molecule has 0 radical (unpaired) electrons. The Bertz CT molecular complexity index is 650. The molecule has 0 saturated heterocycles. The summed E-state index contributed by atoms with van der Waals surface area (Å²) in [5.74, 6) is 5.80. The summed E-state index contributed by atoms with van der Waals surface area (Å²) >= 11 is 0. The molecule has 0 aliphatic heterocycles. The minimum absolute atomic E-state index is 0.234. The maximum absolute atomic E-state index is 12.1. The van der Waals surface area contributed by atoms with Crippen molar-refractivity contribution in [1.29, 1.82) is 0 Å². The predicted molar refractivity (Wildman–Crippen MR) is 71.3 cm³/mol. The van der Waals surface area contributed by atoms with Gasteiger partial charge in [-0.25, -0.2) is 4.98 Å². The van der Waals surface area contributed by atoms with Gasteiger partial charge < -0.3 is 11.1 Å². The van der Waals surface area contributed by atoms with E-state index in [2.05, 4.69) is 27.2 Å². The van der Waals surface area contributed by atoms with Crippen molar-refractivity contribution in [2.45, 2.75) is 0 Å². The summed E-state index contributed by atoms with van der Waals surface area (Å²) in [7, 11) is 1.74. The highest BCUT2D eigenvalue weighted by Crippen LogP contribution is 2.09. The Labute approximate surface area is 110 Å². The first-order valence-corrected chi connectivity index (χ1v) is 5.65. The van der Waals surface area contributed by atoms with Crippen LogP contribution in [0.5, 0.6) is 0 Å². The summed E-state index contributed by atoms with van der Waals surface area (Å²) < 4.78 is 1.56. The molecule has 1 amide bonds. The average Bonchev–Trinajstić information content (AvgIpc) is 2.82. The monoisotopic (exact) mass is 255 g/mol. The summed E-state index contributed by atoms with van der Waals surface area (Å²) in [4.78, 5) is 16.2. The van der Waals surface area contributed by atoms with Crippen LogP contribution in [0.2, 0.25) is 0 Å². The van der Waals surface area contributed by atoms with Gasteiger partial charge in [-0.3, -0.25) is 9.48 Å². The lowest BCUT2D eigenvalue weighted by atomic mass is 10.2. The van der Waals surface area contributed by atoms with Crippen molar-refractivity contribution < 1.29 is 4.79 Å². The number of carbonyl (C=O) groups is 1. The van der Waals surface area contributed by atoms with Crippen molar-refractivity contribution in [2.75, 3.05) is 11.9 Å². The molecule has 0 atom stereocenters. The van der Waals surface area contributed by atoms with Gasteiger partial charge in [0.25, 0.3) is 5.91 Å². The number of amides is 1. The van der Waals surface area contributed by atoms with Gasteiger partial charge in [0.05, 0.1) is 18.3 Å². The van der Waals surface area contributed by atoms with Gasteiger partial charge in [-0.2, -0.15) is 5.10 Å². The molecular weight excluding hydrogens is 242 g/mol. The Morgan fingerprint density at radius 1 is 1.47 bits per heavy atom. The van der Waals surface area contributed by atoms with Crippen LogP contribution in [-0.2, 0) is 7.05 Å². The van der Waals surface area contributed by atoms with Crippen LogP contribution in [0.1, 0.15) is 16.1 Å². The highest BCUT2D eigenvalue weighted by molar-refractivity contribution is 6.04. The summed E-state index contributed by atoms with van der Waals surface area (Å²) in [6, 6.07) is 5.15. The van der Waals surface area contributed by atoms with E-state index in [1.165, 1.54) is 0 Å². The lowest BCUT2D eigenvalue weighted by Gasteiger charge is -2.05. The highest BCUT2D eigenvalue weighted by Gasteiger charge is 2.13. The SMILES string of the molecule is Cn1nccc1NC(=O)c1ncccc1C#CCN. The zero-order valence-corrected chi connectivity index (χ0v) is 10.4. The summed E-state index contributed by atoms with van der Waals surface area (Å²) in [6.07, 6.45) is 3.15. The van der Waals surface area contributed by atoms with E-state index in [1.54, 1.807) is 42.3 Å². The lowest BCUT2D eigenvalue weighted by molar-refractivity contribution is 0.102. The second kappa shape index (κ2) is 5.80. The Balaban J connectivity index is 2.26. The van der Waals surface area contributed by atoms with E-state index >= 15 is 0 Å². The molecule has 2 heterocycles. The van der Waals surface area contributed by atoms with Gasteiger partial charge in [0.1, 0.15) is 11.5 Å². The van der Waals surface area contributed by atoms with Crippen LogP contribution in [0.4, 0.5) is 5.82 Å². The van der Waals surface area contributed by atoms with E-state index in [9.17, 15) is 4.79 Å². The second-order valence-corrected chi connectivity index (χ2v) is 3.70. The largest absolute Gasteiger partial charge is 0.320 e. The molecule has 6 nitrogen and oxygen atoms in total. The van der Waals surface area contributed by atoms with E-state index in [4.69, 9.17) is 5.73 Å². The van der Waals surface area contributed by atoms with E-state index in [1.807, 2.05) is 0 Å². The molecule has 2 aromatic rings. The Morgan fingerprint density at radius 3 is 3.00 bits per heavy atom. The van der Waals surface area contributed by atoms with E-state index in [0.717, 1.165) is 0 Å². The molecule has 0 aromatic carbocycles. The van der Waals surface area contributed by atoms with Crippen molar-refractivity contribution in [2.24, 2.45) is 12.8 Å². The predicted octanol–water partition coefficient (Wildman–Crippen LogP) is 0.378. The molecule has 0 unspecified atom stereocenters. The van der Waals surface area contributed by atoms with Crippen LogP contribution >= 0.6 is 0 Å². The van der Waals surface area contributed by atoms with Crippen LogP contribution in [-0.4, -0.2) is 27.2 Å². The van der Waals surface area contributed by atoms with Crippen molar-refractivity contribution in [3.05, 3.63) is 41.9 Å². The quantitative estimate of drug-likeness (QED) is 0.759. The first-order valence-electron chi connectivity index (χ1n) is 5.65. The molecule has 0 fully saturated rings. The first-order chi connectivity index (χ1) is 9.22. The zero-order valence-electron chi connectivity index (χ0n) is 10.4. The van der Waals surface area contributed by atoms with Crippen molar-refractivity contribution in [3.8, 4) is 11.8 Å². The average molecular weight is 255 g/mol. The fraction of sp³-hybridized carbons (Fsp3) is 0.154. The fourth-order valence-electron chi connectivity index (χ4n) is 1.51. The second-order valence-electron chi connectivity index (χ2n) is 3.70. The Hall–Kier alpha value is -2.65. The van der Waals surface area contributed by atoms with Crippen LogP contribution in [0, 0.1) is 11.8 Å².